The van der Waals surface area contributed by atoms with Crippen molar-refractivity contribution in [2.24, 2.45) is 0 Å². The van der Waals surface area contributed by atoms with Gasteiger partial charge in [0.1, 0.15) is 15.5 Å². The number of halogens is 1. The highest BCUT2D eigenvalue weighted by Crippen LogP contribution is 2.38. The topological polar surface area (TPSA) is 85.7 Å². The normalized spacial score (nSPS) is 20.9. The summed E-state index contributed by atoms with van der Waals surface area (Å²) in [5, 5.41) is 26.3. The molecule has 0 radical (unpaired) electrons. The third-order valence-corrected chi connectivity index (χ3v) is 6.48. The molecule has 1 amide bonds. The van der Waals surface area contributed by atoms with Crippen LogP contribution in [0.3, 0.4) is 0 Å². The molecular formula is C20H26ClN3O3S. The number of hydrogen-bond acceptors (Lipinski definition) is 6. The van der Waals surface area contributed by atoms with E-state index in [1.165, 1.54) is 16.4 Å². The van der Waals surface area contributed by atoms with E-state index in [-0.39, 0.29) is 11.8 Å². The molecule has 28 heavy (non-hydrogen) atoms. The van der Waals surface area contributed by atoms with Gasteiger partial charge in [0.15, 0.2) is 0 Å². The first-order valence-electron chi connectivity index (χ1n) is 9.48. The summed E-state index contributed by atoms with van der Waals surface area (Å²) in [5.74, 6) is -0.131. The van der Waals surface area contributed by atoms with Crippen molar-refractivity contribution >= 4 is 28.8 Å². The molecule has 0 saturated carbocycles. The highest BCUT2D eigenvalue weighted by atomic mass is 35.5. The summed E-state index contributed by atoms with van der Waals surface area (Å²) in [6.07, 6.45) is 1.57. The van der Waals surface area contributed by atoms with Gasteiger partial charge in [-0.3, -0.25) is 4.79 Å². The summed E-state index contributed by atoms with van der Waals surface area (Å²) in [4.78, 5) is 18.0. The van der Waals surface area contributed by atoms with Crippen LogP contribution >= 0.6 is 22.9 Å². The van der Waals surface area contributed by atoms with Crippen molar-refractivity contribution in [3.63, 3.8) is 0 Å². The molecule has 1 saturated heterocycles. The van der Waals surface area contributed by atoms with Crippen molar-refractivity contribution in [3.8, 4) is 0 Å². The molecule has 1 fully saturated rings. The lowest BCUT2D eigenvalue weighted by molar-refractivity contribution is -0.0933. The number of hydrogen-bond donors (Lipinski definition) is 3. The third kappa shape index (κ3) is 4.90. The molecule has 1 aliphatic heterocycles. The Morgan fingerprint density at radius 3 is 2.71 bits per heavy atom. The number of carbonyl (C=O) groups excluding carboxylic acids is 1. The van der Waals surface area contributed by atoms with Gasteiger partial charge in [-0.2, -0.15) is 5.06 Å². The lowest BCUT2D eigenvalue weighted by Crippen LogP contribution is -2.27. The van der Waals surface area contributed by atoms with E-state index in [1.807, 2.05) is 26.0 Å². The number of rotatable bonds is 5. The number of carbonyl (C=O) groups is 1. The van der Waals surface area contributed by atoms with Gasteiger partial charge in [0.2, 0.25) is 0 Å². The van der Waals surface area contributed by atoms with Crippen LogP contribution in [0.15, 0.2) is 24.3 Å². The lowest BCUT2D eigenvalue weighted by atomic mass is 9.95. The minimum Gasteiger partial charge on any atom is -0.383 e. The Bertz CT molecular complexity index is 825. The fourth-order valence-electron chi connectivity index (χ4n) is 3.27. The maximum atomic E-state index is 12.8. The first-order chi connectivity index (χ1) is 13.3. The van der Waals surface area contributed by atoms with Crippen molar-refractivity contribution in [2.75, 3.05) is 13.1 Å². The molecule has 1 atom stereocenters. The van der Waals surface area contributed by atoms with Gasteiger partial charge in [-0.1, -0.05) is 37.6 Å². The summed E-state index contributed by atoms with van der Waals surface area (Å²) in [5.41, 5.74) is 0.548. The largest absolute Gasteiger partial charge is 0.383 e. The molecule has 1 aromatic carbocycles. The molecule has 6 nitrogen and oxygen atoms in total. The molecule has 0 aliphatic carbocycles. The quantitative estimate of drug-likeness (QED) is 0.678. The summed E-state index contributed by atoms with van der Waals surface area (Å²) >= 11 is 7.15. The van der Waals surface area contributed by atoms with Crippen molar-refractivity contribution in [1.29, 1.82) is 0 Å². The maximum Gasteiger partial charge on any atom is 0.263 e. The number of amides is 1. The lowest BCUT2D eigenvalue weighted by Gasteiger charge is -2.23. The molecule has 0 bridgehead atoms. The van der Waals surface area contributed by atoms with Gasteiger partial charge in [0.05, 0.1) is 5.69 Å². The first kappa shape index (κ1) is 21.2. The Balaban J connectivity index is 1.80. The van der Waals surface area contributed by atoms with Crippen LogP contribution < -0.4 is 5.32 Å². The van der Waals surface area contributed by atoms with Crippen molar-refractivity contribution < 1.29 is 15.1 Å². The number of aromatic nitrogens is 1. The molecule has 3 rings (SSSR count). The molecule has 152 valence electrons. The Morgan fingerprint density at radius 1 is 1.32 bits per heavy atom. The molecule has 8 heteroatoms. The Morgan fingerprint density at radius 2 is 2.04 bits per heavy atom. The van der Waals surface area contributed by atoms with E-state index in [2.05, 4.69) is 10.3 Å². The van der Waals surface area contributed by atoms with E-state index in [4.69, 9.17) is 11.6 Å². The van der Waals surface area contributed by atoms with Crippen LogP contribution in [0.2, 0.25) is 5.02 Å². The minimum absolute atomic E-state index is 0.0602. The Hall–Kier alpha value is -1.51. The predicted octanol–water partition coefficient (Wildman–Crippen LogP) is 3.91. The van der Waals surface area contributed by atoms with E-state index in [9.17, 15) is 15.1 Å². The molecule has 2 heterocycles. The van der Waals surface area contributed by atoms with Crippen LogP contribution in [0.4, 0.5) is 0 Å². The average molecular weight is 424 g/mol. The zero-order chi connectivity index (χ0) is 20.3. The number of nitrogens with one attached hydrogen (secondary N) is 1. The van der Waals surface area contributed by atoms with Crippen LogP contribution in [-0.2, 0) is 12.1 Å². The molecule has 3 N–H and O–H groups in total. The van der Waals surface area contributed by atoms with Gasteiger partial charge >= 0.3 is 0 Å². The van der Waals surface area contributed by atoms with E-state index >= 15 is 0 Å². The van der Waals surface area contributed by atoms with Gasteiger partial charge in [-0.05, 0) is 42.9 Å². The number of nitrogens with zero attached hydrogens (tertiary/aromatic N) is 2. The van der Waals surface area contributed by atoms with Gasteiger partial charge in [0.25, 0.3) is 5.91 Å². The van der Waals surface area contributed by atoms with Crippen LogP contribution in [0.25, 0.3) is 0 Å². The van der Waals surface area contributed by atoms with Gasteiger partial charge in [0, 0.05) is 24.7 Å². The molecular weight excluding hydrogens is 398 g/mol. The van der Waals surface area contributed by atoms with E-state index in [1.54, 1.807) is 12.1 Å². The number of thiazole rings is 1. The second kappa shape index (κ2) is 8.88. The maximum absolute atomic E-state index is 12.8. The standard InChI is InChI=1S/C20H26ClN3O3S/c1-13(2)16-17(18(25)22-12-14-4-6-15(21)7-5-14)28-19(23-16)20(26)8-3-10-24(27)11-9-20/h4-7,13,26-27H,3,8-12H2,1-2H3,(H,22,25). The molecule has 2 aromatic rings. The third-order valence-electron chi connectivity index (χ3n) is 4.96. The number of benzene rings is 1. The second-order valence-corrected chi connectivity index (χ2v) is 8.97. The van der Waals surface area contributed by atoms with Gasteiger partial charge in [-0.25, -0.2) is 4.98 Å². The molecule has 1 unspecified atom stereocenters. The van der Waals surface area contributed by atoms with Crippen molar-refractivity contribution in [2.45, 2.75) is 51.2 Å². The van der Waals surface area contributed by atoms with Gasteiger partial charge in [-0.15, -0.1) is 11.3 Å². The number of aliphatic hydroxyl groups is 1. The predicted molar refractivity (Wildman–Crippen MR) is 110 cm³/mol. The SMILES string of the molecule is CC(C)c1nc(C2(O)CCCN(O)CC2)sc1C(=O)NCc1ccc(Cl)cc1. The van der Waals surface area contributed by atoms with E-state index < -0.39 is 5.60 Å². The van der Waals surface area contributed by atoms with E-state index in [0.29, 0.717) is 59.5 Å². The van der Waals surface area contributed by atoms with Crippen LogP contribution in [0, 0.1) is 0 Å². The number of hydroxylamine groups is 2. The molecule has 1 aliphatic rings. The zero-order valence-corrected chi connectivity index (χ0v) is 17.7. The highest BCUT2D eigenvalue weighted by molar-refractivity contribution is 7.14. The van der Waals surface area contributed by atoms with Gasteiger partial charge < -0.3 is 15.6 Å². The Kier molecular flexibility index (Phi) is 6.73. The monoisotopic (exact) mass is 423 g/mol. The fourth-order valence-corrected chi connectivity index (χ4v) is 4.68. The summed E-state index contributed by atoms with van der Waals surface area (Å²) in [6.45, 7) is 5.28. The van der Waals surface area contributed by atoms with Crippen LogP contribution in [0.1, 0.15) is 65.0 Å². The van der Waals surface area contributed by atoms with Crippen molar-refractivity contribution in [3.05, 3.63) is 50.4 Å². The molecule has 1 aromatic heterocycles. The summed E-state index contributed by atoms with van der Waals surface area (Å²) in [7, 11) is 0. The summed E-state index contributed by atoms with van der Waals surface area (Å²) < 4.78 is 0. The second-order valence-electron chi connectivity index (χ2n) is 7.54. The Labute approximate surface area is 174 Å². The zero-order valence-electron chi connectivity index (χ0n) is 16.1. The first-order valence-corrected chi connectivity index (χ1v) is 10.7. The van der Waals surface area contributed by atoms with E-state index in [0.717, 1.165) is 5.56 Å². The smallest absolute Gasteiger partial charge is 0.263 e. The van der Waals surface area contributed by atoms with Crippen molar-refractivity contribution in [1.82, 2.24) is 15.4 Å². The highest BCUT2D eigenvalue weighted by Gasteiger charge is 2.36. The van der Waals surface area contributed by atoms with Crippen LogP contribution in [-0.4, -0.2) is 39.4 Å². The van der Waals surface area contributed by atoms with Crippen LogP contribution in [0.5, 0.6) is 0 Å². The fraction of sp³-hybridized carbons (Fsp3) is 0.500. The average Bonchev–Trinajstić information content (AvgIpc) is 3.05. The summed E-state index contributed by atoms with van der Waals surface area (Å²) in [6, 6.07) is 7.33. The minimum atomic E-state index is -1.11. The molecule has 0 spiro atoms.